The molecular formula is C33H42N2O9. The first-order valence-corrected chi connectivity index (χ1v) is 14.9. The van der Waals surface area contributed by atoms with Crippen LogP contribution in [0.5, 0.6) is 23.0 Å². The van der Waals surface area contributed by atoms with E-state index < -0.39 is 24.1 Å². The number of aryl methyl sites for hydroxylation is 1. The Morgan fingerprint density at radius 3 is 2.27 bits per heavy atom. The first-order valence-electron chi connectivity index (χ1n) is 14.9. The van der Waals surface area contributed by atoms with Crippen molar-refractivity contribution in [1.82, 2.24) is 10.3 Å². The van der Waals surface area contributed by atoms with Gasteiger partial charge >= 0.3 is 11.9 Å². The van der Waals surface area contributed by atoms with Crippen molar-refractivity contribution in [2.24, 2.45) is 17.8 Å². The largest absolute Gasteiger partial charge is 0.497 e. The molecule has 2 N–H and O–H groups in total. The lowest BCUT2D eigenvalue weighted by Crippen LogP contribution is -2.54. The molecule has 0 radical (unpaired) electrons. The number of hydrogen-bond donors (Lipinski definition) is 2. The van der Waals surface area contributed by atoms with Crippen LogP contribution in [0.15, 0.2) is 30.3 Å². The average Bonchev–Trinajstić information content (AvgIpc) is 3.40. The van der Waals surface area contributed by atoms with E-state index in [9.17, 15) is 9.59 Å². The van der Waals surface area contributed by atoms with Crippen LogP contribution in [0.2, 0.25) is 0 Å². The second kappa shape index (κ2) is 13.8. The zero-order valence-corrected chi connectivity index (χ0v) is 26.2. The molecule has 0 bridgehead atoms. The van der Waals surface area contributed by atoms with Gasteiger partial charge in [-0.25, -0.2) is 4.79 Å². The number of nitrogens with one attached hydrogen (secondary N) is 2. The number of carbonyl (C=O) groups is 2. The predicted octanol–water partition coefficient (Wildman–Crippen LogP) is 3.95. The Hall–Kier alpha value is -3.96. The van der Waals surface area contributed by atoms with Crippen molar-refractivity contribution in [3.63, 3.8) is 0 Å². The summed E-state index contributed by atoms with van der Waals surface area (Å²) in [6.07, 6.45) is 1.50. The Balaban J connectivity index is 1.44. The maximum atomic E-state index is 13.5. The van der Waals surface area contributed by atoms with E-state index in [1.807, 2.05) is 12.1 Å². The van der Waals surface area contributed by atoms with Gasteiger partial charge in [-0.15, -0.1) is 0 Å². The number of hydrogen-bond acceptors (Lipinski definition) is 10. The SMILES string of the molecule is COC(=O)[C@H]1[C@H]2CCc3[nH]c4cc(OC)ccc4c3CCNC[C@H]2C[C@@H](OC(=O)c2cc(OC)c(OC)c(OC)c2)[C@@H]1OC. The highest BCUT2D eigenvalue weighted by atomic mass is 16.6. The molecule has 2 heterocycles. The van der Waals surface area contributed by atoms with Crippen molar-refractivity contribution in [1.29, 1.82) is 0 Å². The lowest BCUT2D eigenvalue weighted by atomic mass is 9.66. The Kier molecular flexibility index (Phi) is 9.85. The van der Waals surface area contributed by atoms with Gasteiger partial charge in [-0.3, -0.25) is 4.79 Å². The summed E-state index contributed by atoms with van der Waals surface area (Å²) in [6.45, 7) is 1.43. The van der Waals surface area contributed by atoms with Crippen molar-refractivity contribution >= 4 is 22.8 Å². The summed E-state index contributed by atoms with van der Waals surface area (Å²) in [5, 5.41) is 4.79. The van der Waals surface area contributed by atoms with Crippen molar-refractivity contribution in [3.05, 3.63) is 47.2 Å². The van der Waals surface area contributed by atoms with Crippen LogP contribution in [0.4, 0.5) is 0 Å². The first-order chi connectivity index (χ1) is 21.4. The normalized spacial score (nSPS) is 23.5. The fourth-order valence-electron chi connectivity index (χ4n) is 7.02. The van der Waals surface area contributed by atoms with Crippen LogP contribution in [0, 0.1) is 17.8 Å². The molecule has 0 unspecified atom stereocenters. The number of H-pyrrole nitrogens is 1. The van der Waals surface area contributed by atoms with Crippen LogP contribution >= 0.6 is 0 Å². The maximum Gasteiger partial charge on any atom is 0.338 e. The zero-order chi connectivity index (χ0) is 31.4. The summed E-state index contributed by atoms with van der Waals surface area (Å²) in [6, 6.07) is 9.20. The fraction of sp³-hybridized carbons (Fsp3) is 0.515. The smallest absolute Gasteiger partial charge is 0.338 e. The lowest BCUT2D eigenvalue weighted by Gasteiger charge is -2.45. The Labute approximate surface area is 257 Å². The number of esters is 2. The van der Waals surface area contributed by atoms with Gasteiger partial charge in [0.05, 0.1) is 47.0 Å². The van der Waals surface area contributed by atoms with E-state index in [1.165, 1.54) is 39.4 Å². The topological polar surface area (TPSA) is 127 Å². The third-order valence-electron chi connectivity index (χ3n) is 9.11. The van der Waals surface area contributed by atoms with Gasteiger partial charge in [0.15, 0.2) is 11.5 Å². The number of carbonyl (C=O) groups excluding carboxylic acids is 2. The number of benzene rings is 2. The summed E-state index contributed by atoms with van der Waals surface area (Å²) < 4.78 is 39.0. The Morgan fingerprint density at radius 2 is 1.64 bits per heavy atom. The van der Waals surface area contributed by atoms with Gasteiger partial charge in [0, 0.05) is 29.8 Å². The van der Waals surface area contributed by atoms with E-state index >= 15 is 0 Å². The second-order valence-corrected chi connectivity index (χ2v) is 11.3. The molecule has 3 aromatic rings. The van der Waals surface area contributed by atoms with E-state index in [1.54, 1.807) is 26.4 Å². The molecule has 2 aromatic carbocycles. The fourth-order valence-corrected chi connectivity index (χ4v) is 7.02. The monoisotopic (exact) mass is 610 g/mol. The number of methoxy groups -OCH3 is 6. The summed E-state index contributed by atoms with van der Waals surface area (Å²) in [7, 11) is 9.06. The molecule has 2 aliphatic rings. The Bertz CT molecular complexity index is 1460. The van der Waals surface area contributed by atoms with Crippen molar-refractivity contribution < 1.29 is 42.7 Å². The number of aromatic nitrogens is 1. The molecule has 0 spiro atoms. The summed E-state index contributed by atoms with van der Waals surface area (Å²) >= 11 is 0. The number of aromatic amines is 1. The summed E-state index contributed by atoms with van der Waals surface area (Å²) in [5.41, 5.74) is 3.70. The average molecular weight is 611 g/mol. The minimum atomic E-state index is -0.691. The molecule has 1 saturated carbocycles. The number of ether oxygens (including phenoxy) is 7. The zero-order valence-electron chi connectivity index (χ0n) is 26.2. The molecule has 0 amide bonds. The predicted molar refractivity (Wildman–Crippen MR) is 163 cm³/mol. The minimum absolute atomic E-state index is 0.0364. The van der Waals surface area contributed by atoms with Crippen LogP contribution in [-0.2, 0) is 31.8 Å². The van der Waals surface area contributed by atoms with Crippen LogP contribution < -0.4 is 24.3 Å². The molecule has 11 nitrogen and oxygen atoms in total. The van der Waals surface area contributed by atoms with Gasteiger partial charge in [0.2, 0.25) is 5.75 Å². The highest BCUT2D eigenvalue weighted by Crippen LogP contribution is 2.43. The van der Waals surface area contributed by atoms with Crippen molar-refractivity contribution in [2.45, 2.75) is 37.9 Å². The van der Waals surface area contributed by atoms with Crippen LogP contribution in [-0.4, -0.2) is 84.9 Å². The van der Waals surface area contributed by atoms with Gasteiger partial charge in [-0.1, -0.05) is 0 Å². The highest BCUT2D eigenvalue weighted by Gasteiger charge is 2.50. The second-order valence-electron chi connectivity index (χ2n) is 11.3. The van der Waals surface area contributed by atoms with E-state index in [2.05, 4.69) is 16.4 Å². The van der Waals surface area contributed by atoms with Crippen LogP contribution in [0.3, 0.4) is 0 Å². The number of fused-ring (bicyclic) bond motifs is 4. The molecule has 1 aliphatic heterocycles. The molecule has 1 fully saturated rings. The van der Waals surface area contributed by atoms with E-state index in [0.717, 1.165) is 42.8 Å². The minimum Gasteiger partial charge on any atom is -0.497 e. The van der Waals surface area contributed by atoms with Crippen LogP contribution in [0.1, 0.15) is 34.5 Å². The highest BCUT2D eigenvalue weighted by molar-refractivity contribution is 5.91. The molecule has 0 saturated heterocycles. The van der Waals surface area contributed by atoms with Crippen molar-refractivity contribution in [3.8, 4) is 23.0 Å². The number of rotatable bonds is 8. The molecular weight excluding hydrogens is 568 g/mol. The standard InChI is InChI=1S/C33H42N2O9/c1-38-20-7-8-22-23-11-12-34-17-19-15-28(44-32(36)18-13-26(39-2)30(41-4)27(14-18)40-3)31(42-5)29(33(37)43-6)21(19)9-10-24(23)35-25(22)16-20/h7-8,13-14,16,19,21,28-29,31,34-35H,9-12,15,17H2,1-6H3/t19-,21+,28-,29+,31+/m1/s1. The maximum absolute atomic E-state index is 13.5. The lowest BCUT2D eigenvalue weighted by molar-refractivity contribution is -0.169. The molecule has 5 atom stereocenters. The first kappa shape index (κ1) is 31.5. The molecule has 1 aliphatic carbocycles. The van der Waals surface area contributed by atoms with E-state index in [4.69, 9.17) is 33.2 Å². The van der Waals surface area contributed by atoms with Crippen molar-refractivity contribution in [2.75, 3.05) is 55.7 Å². The van der Waals surface area contributed by atoms with Gasteiger partial charge in [-0.05, 0) is 80.4 Å². The van der Waals surface area contributed by atoms with Gasteiger partial charge in [0.25, 0.3) is 0 Å². The molecule has 238 valence electrons. The van der Waals surface area contributed by atoms with Crippen LogP contribution in [0.25, 0.3) is 10.9 Å². The van der Waals surface area contributed by atoms with Gasteiger partial charge in [0.1, 0.15) is 18.0 Å². The third kappa shape index (κ3) is 6.03. The Morgan fingerprint density at radius 1 is 0.886 bits per heavy atom. The third-order valence-corrected chi connectivity index (χ3v) is 9.11. The van der Waals surface area contributed by atoms with Gasteiger partial charge < -0.3 is 43.5 Å². The van der Waals surface area contributed by atoms with E-state index in [-0.39, 0.29) is 23.4 Å². The van der Waals surface area contributed by atoms with Gasteiger partial charge in [-0.2, -0.15) is 0 Å². The quantitative estimate of drug-likeness (QED) is 0.362. The molecule has 44 heavy (non-hydrogen) atoms. The molecule has 1 aromatic heterocycles. The molecule has 11 heteroatoms. The molecule has 5 rings (SSSR count). The van der Waals surface area contributed by atoms with E-state index in [0.29, 0.717) is 30.2 Å². The summed E-state index contributed by atoms with van der Waals surface area (Å²) in [4.78, 5) is 30.6. The summed E-state index contributed by atoms with van der Waals surface area (Å²) in [5.74, 6) is 0.232.